The highest BCUT2D eigenvalue weighted by atomic mass is 35.5. The minimum atomic E-state index is -3.65. The highest BCUT2D eigenvalue weighted by Crippen LogP contribution is 2.27. The van der Waals surface area contributed by atoms with Crippen molar-refractivity contribution in [2.75, 3.05) is 26.2 Å². The molecule has 1 amide bonds. The Hall–Kier alpha value is -0.860. The number of benzene rings is 1. The van der Waals surface area contributed by atoms with E-state index in [0.717, 1.165) is 0 Å². The molecule has 1 fully saturated rings. The van der Waals surface area contributed by atoms with Gasteiger partial charge in [0.25, 0.3) is 0 Å². The number of carbonyl (C=O) groups is 1. The summed E-state index contributed by atoms with van der Waals surface area (Å²) in [5.41, 5.74) is 5.62. The first kappa shape index (κ1) is 18.5. The molecule has 23 heavy (non-hydrogen) atoms. The van der Waals surface area contributed by atoms with Gasteiger partial charge in [-0.2, -0.15) is 4.31 Å². The minimum absolute atomic E-state index is 0.0495. The number of hydrogen-bond acceptors (Lipinski definition) is 4. The van der Waals surface area contributed by atoms with Crippen LogP contribution in [-0.4, -0.2) is 55.8 Å². The standard InChI is InChI=1S/C14H19Cl2N3O3S/c1-10(17)8-14(20)18-4-6-19(7-5-18)23(21,22)11-2-3-12(15)13(16)9-11/h2-3,9-10H,4-8,17H2,1H3. The Balaban J connectivity index is 2.06. The number of halogens is 2. The van der Waals surface area contributed by atoms with Crippen molar-refractivity contribution in [2.45, 2.75) is 24.3 Å². The van der Waals surface area contributed by atoms with Crippen LogP contribution in [0.2, 0.25) is 10.0 Å². The van der Waals surface area contributed by atoms with Crippen LogP contribution in [0.4, 0.5) is 0 Å². The van der Waals surface area contributed by atoms with Crippen LogP contribution in [0, 0.1) is 0 Å². The largest absolute Gasteiger partial charge is 0.340 e. The number of hydrogen-bond donors (Lipinski definition) is 1. The van der Waals surface area contributed by atoms with E-state index in [1.807, 2.05) is 0 Å². The Kier molecular flexibility index (Phi) is 5.91. The second kappa shape index (κ2) is 7.36. The van der Waals surface area contributed by atoms with E-state index in [9.17, 15) is 13.2 Å². The van der Waals surface area contributed by atoms with Crippen LogP contribution in [0.1, 0.15) is 13.3 Å². The molecule has 1 heterocycles. The summed E-state index contributed by atoms with van der Waals surface area (Å²) in [5, 5.41) is 0.496. The van der Waals surface area contributed by atoms with Gasteiger partial charge in [-0.15, -0.1) is 0 Å². The summed E-state index contributed by atoms with van der Waals surface area (Å²) in [5.74, 6) is -0.0495. The molecule has 1 aromatic carbocycles. The Morgan fingerprint density at radius 3 is 2.35 bits per heavy atom. The van der Waals surface area contributed by atoms with Crippen molar-refractivity contribution >= 4 is 39.1 Å². The molecule has 0 bridgehead atoms. The molecule has 1 saturated heterocycles. The Labute approximate surface area is 146 Å². The highest BCUT2D eigenvalue weighted by molar-refractivity contribution is 7.89. The van der Waals surface area contributed by atoms with E-state index in [1.54, 1.807) is 11.8 Å². The molecule has 0 aliphatic carbocycles. The zero-order chi connectivity index (χ0) is 17.2. The lowest BCUT2D eigenvalue weighted by Gasteiger charge is -2.34. The molecule has 0 aromatic heterocycles. The quantitative estimate of drug-likeness (QED) is 0.860. The molecular formula is C14H19Cl2N3O3S. The maximum atomic E-state index is 12.6. The lowest BCUT2D eigenvalue weighted by molar-refractivity contribution is -0.132. The average molecular weight is 380 g/mol. The molecule has 128 valence electrons. The fourth-order valence-electron chi connectivity index (χ4n) is 2.37. The summed E-state index contributed by atoms with van der Waals surface area (Å²) in [6, 6.07) is 4.02. The van der Waals surface area contributed by atoms with Crippen molar-refractivity contribution in [2.24, 2.45) is 5.73 Å². The second-order valence-electron chi connectivity index (χ2n) is 5.54. The number of sulfonamides is 1. The summed E-state index contributed by atoms with van der Waals surface area (Å²) < 4.78 is 26.6. The fraction of sp³-hybridized carbons (Fsp3) is 0.500. The van der Waals surface area contributed by atoms with Crippen LogP contribution in [-0.2, 0) is 14.8 Å². The van der Waals surface area contributed by atoms with Gasteiger partial charge in [0.2, 0.25) is 15.9 Å². The van der Waals surface area contributed by atoms with E-state index in [4.69, 9.17) is 28.9 Å². The molecule has 1 aliphatic rings. The summed E-state index contributed by atoms with van der Waals surface area (Å²) in [4.78, 5) is 13.7. The Morgan fingerprint density at radius 2 is 1.83 bits per heavy atom. The number of nitrogens with two attached hydrogens (primary N) is 1. The van der Waals surface area contributed by atoms with Crippen LogP contribution in [0.3, 0.4) is 0 Å². The molecule has 1 unspecified atom stereocenters. The van der Waals surface area contributed by atoms with Gasteiger partial charge in [-0.05, 0) is 25.1 Å². The van der Waals surface area contributed by atoms with Gasteiger partial charge in [-0.25, -0.2) is 8.42 Å². The summed E-state index contributed by atoms with van der Waals surface area (Å²) >= 11 is 11.7. The lowest BCUT2D eigenvalue weighted by atomic mass is 10.2. The molecule has 6 nitrogen and oxygen atoms in total. The van der Waals surface area contributed by atoms with Crippen molar-refractivity contribution in [3.8, 4) is 0 Å². The SMILES string of the molecule is CC(N)CC(=O)N1CCN(S(=O)(=O)c2ccc(Cl)c(Cl)c2)CC1. The van der Waals surface area contributed by atoms with Crippen molar-refractivity contribution in [3.63, 3.8) is 0 Å². The first-order valence-corrected chi connectivity index (χ1v) is 9.40. The van der Waals surface area contributed by atoms with Gasteiger partial charge in [0.1, 0.15) is 0 Å². The maximum absolute atomic E-state index is 12.6. The zero-order valence-corrected chi connectivity index (χ0v) is 15.0. The molecule has 9 heteroatoms. The molecular weight excluding hydrogens is 361 g/mol. The van der Waals surface area contributed by atoms with Crippen LogP contribution >= 0.6 is 23.2 Å². The number of carbonyl (C=O) groups excluding carboxylic acids is 1. The van der Waals surface area contributed by atoms with Crippen LogP contribution in [0.5, 0.6) is 0 Å². The second-order valence-corrected chi connectivity index (χ2v) is 8.29. The van der Waals surface area contributed by atoms with Crippen LogP contribution < -0.4 is 5.73 Å². The van der Waals surface area contributed by atoms with Crippen molar-refractivity contribution in [1.82, 2.24) is 9.21 Å². The smallest absolute Gasteiger partial charge is 0.243 e. The van der Waals surface area contributed by atoms with E-state index in [-0.39, 0.29) is 41.4 Å². The fourth-order valence-corrected chi connectivity index (χ4v) is 4.18. The topological polar surface area (TPSA) is 83.7 Å². The number of nitrogens with zero attached hydrogens (tertiary/aromatic N) is 2. The van der Waals surface area contributed by atoms with Gasteiger partial charge in [-0.3, -0.25) is 4.79 Å². The average Bonchev–Trinajstić information content (AvgIpc) is 2.49. The first-order chi connectivity index (χ1) is 10.7. The maximum Gasteiger partial charge on any atom is 0.243 e. The van der Waals surface area contributed by atoms with Gasteiger partial charge in [0.05, 0.1) is 14.9 Å². The van der Waals surface area contributed by atoms with E-state index in [2.05, 4.69) is 0 Å². The molecule has 0 saturated carbocycles. The van der Waals surface area contributed by atoms with Gasteiger partial charge >= 0.3 is 0 Å². The third kappa shape index (κ3) is 4.36. The van der Waals surface area contributed by atoms with E-state index in [0.29, 0.717) is 18.1 Å². The van der Waals surface area contributed by atoms with E-state index >= 15 is 0 Å². The molecule has 2 rings (SSSR count). The lowest BCUT2D eigenvalue weighted by Crippen LogP contribution is -2.51. The normalized spacial score (nSPS) is 18.0. The predicted octanol–water partition coefficient (Wildman–Crippen LogP) is 1.56. The molecule has 0 spiro atoms. The number of rotatable bonds is 4. The van der Waals surface area contributed by atoms with Crippen LogP contribution in [0.25, 0.3) is 0 Å². The van der Waals surface area contributed by atoms with Gasteiger partial charge in [0.15, 0.2) is 0 Å². The summed E-state index contributed by atoms with van der Waals surface area (Å²) in [7, 11) is -3.65. The van der Waals surface area contributed by atoms with Crippen LogP contribution in [0.15, 0.2) is 23.1 Å². The Bertz CT molecular complexity index is 687. The van der Waals surface area contributed by atoms with Gasteiger partial charge < -0.3 is 10.6 Å². The third-order valence-corrected chi connectivity index (χ3v) is 6.25. The van der Waals surface area contributed by atoms with Crippen molar-refractivity contribution in [3.05, 3.63) is 28.2 Å². The molecule has 1 aliphatic heterocycles. The monoisotopic (exact) mass is 379 g/mol. The highest BCUT2D eigenvalue weighted by Gasteiger charge is 2.30. The number of amides is 1. The summed E-state index contributed by atoms with van der Waals surface area (Å²) in [6.07, 6.45) is 0.263. The summed E-state index contributed by atoms with van der Waals surface area (Å²) in [6.45, 7) is 2.96. The minimum Gasteiger partial charge on any atom is -0.340 e. The van der Waals surface area contributed by atoms with Crippen molar-refractivity contribution in [1.29, 1.82) is 0 Å². The molecule has 2 N–H and O–H groups in total. The van der Waals surface area contributed by atoms with E-state index < -0.39 is 10.0 Å². The first-order valence-electron chi connectivity index (χ1n) is 7.20. The zero-order valence-electron chi connectivity index (χ0n) is 12.7. The number of piperazine rings is 1. The predicted molar refractivity (Wildman–Crippen MR) is 90.1 cm³/mol. The molecule has 0 radical (unpaired) electrons. The van der Waals surface area contributed by atoms with Gasteiger partial charge in [0, 0.05) is 38.6 Å². The van der Waals surface area contributed by atoms with Crippen molar-refractivity contribution < 1.29 is 13.2 Å². The Morgan fingerprint density at radius 1 is 1.22 bits per heavy atom. The molecule has 1 atom stereocenters. The molecule has 1 aromatic rings. The van der Waals surface area contributed by atoms with E-state index in [1.165, 1.54) is 22.5 Å². The third-order valence-electron chi connectivity index (χ3n) is 3.62. The van der Waals surface area contributed by atoms with Gasteiger partial charge in [-0.1, -0.05) is 23.2 Å².